The molecule has 98 valence electrons. The van der Waals surface area contributed by atoms with Crippen LogP contribution in [-0.4, -0.2) is 19.8 Å². The standard InChI is InChI=1S/C7H3ClF3N3O3S/c8-18(15,16)5-3(1-12)6(14-2-4(5)13)17-7(9,10)11/h2H,13H2. The van der Waals surface area contributed by atoms with Gasteiger partial charge >= 0.3 is 6.36 Å². The van der Waals surface area contributed by atoms with E-state index in [-0.39, 0.29) is 0 Å². The summed E-state index contributed by atoms with van der Waals surface area (Å²) in [6, 6.07) is 1.20. The third-order valence-electron chi connectivity index (χ3n) is 1.59. The molecule has 0 atom stereocenters. The van der Waals surface area contributed by atoms with Crippen LogP contribution in [0.2, 0.25) is 0 Å². The first-order chi connectivity index (χ1) is 8.06. The van der Waals surface area contributed by atoms with E-state index in [0.29, 0.717) is 6.20 Å². The number of pyridine rings is 1. The van der Waals surface area contributed by atoms with Gasteiger partial charge in [-0.05, 0) is 0 Å². The van der Waals surface area contributed by atoms with Crippen molar-refractivity contribution in [1.82, 2.24) is 4.98 Å². The van der Waals surface area contributed by atoms with E-state index in [4.69, 9.17) is 21.7 Å². The van der Waals surface area contributed by atoms with Crippen LogP contribution in [0, 0.1) is 11.3 Å². The Kier molecular flexibility index (Phi) is 3.59. The Morgan fingerprint density at radius 1 is 1.50 bits per heavy atom. The zero-order valence-corrected chi connectivity index (χ0v) is 9.77. The third kappa shape index (κ3) is 3.14. The van der Waals surface area contributed by atoms with Gasteiger partial charge in [0.15, 0.2) is 0 Å². The number of aromatic nitrogens is 1. The van der Waals surface area contributed by atoms with E-state index in [1.807, 2.05) is 0 Å². The van der Waals surface area contributed by atoms with Crippen molar-refractivity contribution in [3.8, 4) is 11.9 Å². The molecule has 0 bridgehead atoms. The van der Waals surface area contributed by atoms with Gasteiger partial charge in [-0.3, -0.25) is 0 Å². The number of nitriles is 1. The van der Waals surface area contributed by atoms with E-state index in [1.54, 1.807) is 0 Å². The van der Waals surface area contributed by atoms with Gasteiger partial charge < -0.3 is 10.5 Å². The molecule has 0 unspecified atom stereocenters. The van der Waals surface area contributed by atoms with Gasteiger partial charge in [-0.15, -0.1) is 13.2 Å². The number of anilines is 1. The summed E-state index contributed by atoms with van der Waals surface area (Å²) in [7, 11) is 0.451. The van der Waals surface area contributed by atoms with E-state index in [0.717, 1.165) is 0 Å². The van der Waals surface area contributed by atoms with E-state index < -0.39 is 37.4 Å². The first-order valence-corrected chi connectivity index (χ1v) is 6.26. The molecular weight excluding hydrogens is 299 g/mol. The molecular formula is C7H3ClF3N3O3S. The molecule has 1 aromatic heterocycles. The minimum atomic E-state index is -5.14. The van der Waals surface area contributed by atoms with Crippen LogP contribution < -0.4 is 10.5 Å². The van der Waals surface area contributed by atoms with Crippen molar-refractivity contribution >= 4 is 25.4 Å². The van der Waals surface area contributed by atoms with Crippen molar-refractivity contribution in [2.24, 2.45) is 0 Å². The van der Waals surface area contributed by atoms with E-state index in [1.165, 1.54) is 6.07 Å². The molecule has 0 aliphatic rings. The van der Waals surface area contributed by atoms with E-state index >= 15 is 0 Å². The Labute approximate surface area is 103 Å². The maximum Gasteiger partial charge on any atom is 0.574 e. The zero-order valence-electron chi connectivity index (χ0n) is 8.19. The normalized spacial score (nSPS) is 11.9. The van der Waals surface area contributed by atoms with Crippen LogP contribution >= 0.6 is 10.7 Å². The SMILES string of the molecule is N#Cc1c(OC(F)(F)F)ncc(N)c1S(=O)(=O)Cl. The maximum absolute atomic E-state index is 12.0. The molecule has 1 rings (SSSR count). The van der Waals surface area contributed by atoms with Gasteiger partial charge in [-0.25, -0.2) is 13.4 Å². The molecule has 11 heteroatoms. The average molecular weight is 302 g/mol. The third-order valence-corrected chi connectivity index (χ3v) is 2.98. The molecule has 0 radical (unpaired) electrons. The topological polar surface area (TPSA) is 106 Å². The highest BCUT2D eigenvalue weighted by atomic mass is 35.7. The van der Waals surface area contributed by atoms with Crippen molar-refractivity contribution in [2.75, 3.05) is 5.73 Å². The summed E-state index contributed by atoms with van der Waals surface area (Å²) in [5.74, 6) is -1.24. The minimum absolute atomic E-state index is 0.559. The number of hydrogen-bond donors (Lipinski definition) is 1. The molecule has 0 fully saturated rings. The molecule has 1 aromatic rings. The zero-order chi connectivity index (χ0) is 14.1. The molecule has 0 saturated carbocycles. The highest BCUT2D eigenvalue weighted by Gasteiger charge is 2.35. The van der Waals surface area contributed by atoms with Crippen LogP contribution in [0.1, 0.15) is 5.56 Å². The number of nitrogens with zero attached hydrogens (tertiary/aromatic N) is 2. The fraction of sp³-hybridized carbons (Fsp3) is 0.143. The molecule has 2 N–H and O–H groups in total. The first-order valence-electron chi connectivity index (χ1n) is 3.95. The van der Waals surface area contributed by atoms with Gasteiger partial charge in [0.05, 0.1) is 11.9 Å². The molecule has 0 aromatic carbocycles. The average Bonchev–Trinajstić information content (AvgIpc) is 2.16. The summed E-state index contributed by atoms with van der Waals surface area (Å²) in [6.45, 7) is 0. The van der Waals surface area contributed by atoms with Gasteiger partial charge in [-0.2, -0.15) is 5.26 Å². The Morgan fingerprint density at radius 2 is 2.06 bits per heavy atom. The van der Waals surface area contributed by atoms with Crippen molar-refractivity contribution in [1.29, 1.82) is 5.26 Å². The van der Waals surface area contributed by atoms with E-state index in [9.17, 15) is 21.6 Å². The number of ether oxygens (including phenoxy) is 1. The first kappa shape index (κ1) is 14.3. The lowest BCUT2D eigenvalue weighted by molar-refractivity contribution is -0.276. The van der Waals surface area contributed by atoms with Crippen LogP contribution in [0.5, 0.6) is 5.88 Å². The summed E-state index contributed by atoms with van der Waals surface area (Å²) >= 11 is 0. The fourth-order valence-electron chi connectivity index (χ4n) is 1.04. The van der Waals surface area contributed by atoms with Crippen LogP contribution in [0.25, 0.3) is 0 Å². The molecule has 6 nitrogen and oxygen atoms in total. The Hall–Kier alpha value is -1.73. The molecule has 0 aliphatic carbocycles. The van der Waals surface area contributed by atoms with Crippen molar-refractivity contribution in [3.63, 3.8) is 0 Å². The Balaban J connectivity index is 3.56. The lowest BCUT2D eigenvalue weighted by Crippen LogP contribution is -2.19. The number of hydrogen-bond acceptors (Lipinski definition) is 6. The summed E-state index contributed by atoms with van der Waals surface area (Å²) in [5.41, 5.74) is 3.63. The summed E-state index contributed by atoms with van der Waals surface area (Å²) < 4.78 is 61.6. The van der Waals surface area contributed by atoms with Crippen molar-refractivity contribution in [3.05, 3.63) is 11.8 Å². The second kappa shape index (κ2) is 4.51. The molecule has 0 aliphatic heterocycles. The molecule has 0 amide bonds. The number of halogens is 4. The van der Waals surface area contributed by atoms with Crippen LogP contribution in [0.3, 0.4) is 0 Å². The molecule has 0 spiro atoms. The van der Waals surface area contributed by atoms with Crippen LogP contribution in [0.15, 0.2) is 11.1 Å². The van der Waals surface area contributed by atoms with Crippen LogP contribution in [0.4, 0.5) is 18.9 Å². The number of nitrogen functional groups attached to an aromatic ring is 1. The predicted octanol–water partition coefficient (Wildman–Crippen LogP) is 1.36. The quantitative estimate of drug-likeness (QED) is 0.827. The van der Waals surface area contributed by atoms with Gasteiger partial charge in [0, 0.05) is 10.7 Å². The maximum atomic E-state index is 12.0. The van der Waals surface area contributed by atoms with Gasteiger partial charge in [-0.1, -0.05) is 0 Å². The largest absolute Gasteiger partial charge is 0.574 e. The summed E-state index contributed by atoms with van der Waals surface area (Å²) in [5, 5.41) is 8.67. The fourth-order valence-corrected chi connectivity index (χ4v) is 2.25. The molecule has 18 heavy (non-hydrogen) atoms. The molecule has 0 saturated heterocycles. The number of rotatable bonds is 2. The van der Waals surface area contributed by atoms with Crippen molar-refractivity contribution < 1.29 is 26.3 Å². The monoisotopic (exact) mass is 301 g/mol. The number of alkyl halides is 3. The summed E-state index contributed by atoms with van der Waals surface area (Å²) in [4.78, 5) is 2.12. The van der Waals surface area contributed by atoms with Crippen LogP contribution in [-0.2, 0) is 9.05 Å². The molecule has 1 heterocycles. The van der Waals surface area contributed by atoms with Gasteiger partial charge in [0.2, 0.25) is 5.88 Å². The lowest BCUT2D eigenvalue weighted by atomic mass is 10.3. The Bertz CT molecular complexity index is 623. The highest BCUT2D eigenvalue weighted by molar-refractivity contribution is 8.14. The minimum Gasteiger partial charge on any atom is -0.396 e. The second-order valence-corrected chi connectivity index (χ2v) is 5.32. The van der Waals surface area contributed by atoms with Crippen molar-refractivity contribution in [2.45, 2.75) is 11.3 Å². The smallest absolute Gasteiger partial charge is 0.396 e. The predicted molar refractivity (Wildman–Crippen MR) is 53.1 cm³/mol. The second-order valence-electron chi connectivity index (χ2n) is 2.82. The van der Waals surface area contributed by atoms with E-state index in [2.05, 4.69) is 9.72 Å². The highest BCUT2D eigenvalue weighted by Crippen LogP contribution is 2.33. The summed E-state index contributed by atoms with van der Waals surface area (Å²) in [6.07, 6.45) is -4.54. The van der Waals surface area contributed by atoms with Gasteiger partial charge in [0.25, 0.3) is 9.05 Å². The van der Waals surface area contributed by atoms with Gasteiger partial charge in [0.1, 0.15) is 16.5 Å². The Morgan fingerprint density at radius 3 is 2.44 bits per heavy atom. The lowest BCUT2D eigenvalue weighted by Gasteiger charge is -2.11. The number of nitrogens with two attached hydrogens (primary N) is 1.